The van der Waals surface area contributed by atoms with Crippen molar-refractivity contribution in [1.82, 2.24) is 0 Å². The first-order valence-corrected chi connectivity index (χ1v) is 12.8. The first kappa shape index (κ1) is 28.5. The van der Waals surface area contributed by atoms with Gasteiger partial charge >= 0.3 is 0 Å². The Morgan fingerprint density at radius 1 is 1.03 bits per heavy atom. The molecule has 1 N–H and O–H groups in total. The van der Waals surface area contributed by atoms with Gasteiger partial charge in [-0.1, -0.05) is 64.7 Å². The zero-order chi connectivity index (χ0) is 22.2. The quantitative estimate of drug-likeness (QED) is 0.178. The van der Waals surface area contributed by atoms with E-state index in [1.54, 1.807) is 0 Å². The van der Waals surface area contributed by atoms with Crippen molar-refractivity contribution in [1.29, 1.82) is 0 Å². The van der Waals surface area contributed by atoms with Crippen LogP contribution in [-0.4, -0.2) is 60.9 Å². The van der Waals surface area contributed by atoms with E-state index in [1.165, 1.54) is 77.0 Å². The molecule has 0 bridgehead atoms. The van der Waals surface area contributed by atoms with E-state index in [9.17, 15) is 18.1 Å². The van der Waals surface area contributed by atoms with Gasteiger partial charge in [0.25, 0.3) is 0 Å². The van der Waals surface area contributed by atoms with Crippen LogP contribution in [0.15, 0.2) is 4.99 Å². The van der Waals surface area contributed by atoms with Crippen LogP contribution >= 0.6 is 0 Å². The summed E-state index contributed by atoms with van der Waals surface area (Å²) in [4.78, 5) is 4.69. The average Bonchev–Trinajstić information content (AvgIpc) is 3.07. The number of hydrogen-bond donors (Lipinski definition) is 1. The predicted molar refractivity (Wildman–Crippen MR) is 117 cm³/mol. The van der Waals surface area contributed by atoms with Gasteiger partial charge < -0.3 is 9.66 Å². The van der Waals surface area contributed by atoms with Gasteiger partial charge in [0, 0.05) is 13.3 Å². The number of hydrogen-bond acceptors (Lipinski definition) is 6. The Morgan fingerprint density at radius 3 is 1.93 bits per heavy atom. The Bertz CT molecular complexity index is 537. The molecule has 0 aromatic rings. The Hall–Kier alpha value is -0.540. The third-order valence-electron chi connectivity index (χ3n) is 5.60. The zero-order valence-electron chi connectivity index (χ0n) is 19.1. The van der Waals surface area contributed by atoms with Gasteiger partial charge in [-0.05, 0) is 20.3 Å². The van der Waals surface area contributed by atoms with Gasteiger partial charge in [0.2, 0.25) is 16.2 Å². The highest BCUT2D eigenvalue weighted by molar-refractivity contribution is 7.80. The molecule has 0 radical (unpaired) electrons. The van der Waals surface area contributed by atoms with E-state index in [0.717, 1.165) is 30.5 Å². The molecule has 0 fully saturated rings. The molecule has 2 atom stereocenters. The summed E-state index contributed by atoms with van der Waals surface area (Å²) in [6.07, 6.45) is 14.5. The van der Waals surface area contributed by atoms with Gasteiger partial charge in [0.05, 0.1) is 19.7 Å². The number of aliphatic hydroxyl groups excluding tert-OH is 1. The Balaban J connectivity index is 0.000000956. The second-order valence-corrected chi connectivity index (χ2v) is 8.80. The molecule has 0 saturated carbocycles. The lowest BCUT2D eigenvalue weighted by Crippen LogP contribution is -2.56. The molecule has 0 spiro atoms. The molecule has 0 aromatic heterocycles. The summed E-state index contributed by atoms with van der Waals surface area (Å²) in [7, 11) is -4.42. The summed E-state index contributed by atoms with van der Waals surface area (Å²) in [6, 6.07) is 0. The minimum Gasteiger partial charge on any atom is -0.726 e. The van der Waals surface area contributed by atoms with Crippen molar-refractivity contribution in [2.45, 2.75) is 105 Å². The lowest BCUT2D eigenvalue weighted by molar-refractivity contribution is -0.882. The lowest BCUT2D eigenvalue weighted by atomic mass is 10.1. The van der Waals surface area contributed by atoms with E-state index >= 15 is 0 Å². The highest BCUT2D eigenvalue weighted by Gasteiger charge is 2.40. The molecule has 0 amide bonds. The second kappa shape index (κ2) is 16.2. The van der Waals surface area contributed by atoms with Crippen LogP contribution in [0.2, 0.25) is 0 Å². The minimum atomic E-state index is -4.42. The molecule has 1 heterocycles. The molecular weight excluding hydrogens is 392 g/mol. The highest BCUT2D eigenvalue weighted by atomic mass is 32.3. The fourth-order valence-electron chi connectivity index (χ4n) is 3.85. The van der Waals surface area contributed by atoms with Crippen molar-refractivity contribution >= 4 is 16.2 Å². The maximum Gasteiger partial charge on any atom is 0.217 e. The molecule has 7 nitrogen and oxygen atoms in total. The van der Waals surface area contributed by atoms with E-state index in [1.807, 2.05) is 6.92 Å². The van der Waals surface area contributed by atoms with Crippen LogP contribution in [0.1, 0.15) is 98.3 Å². The topological polar surface area (TPSA) is 99.0 Å². The van der Waals surface area contributed by atoms with E-state index in [0.29, 0.717) is 0 Å². The highest BCUT2D eigenvalue weighted by Crippen LogP contribution is 2.23. The number of quaternary nitrogens is 1. The van der Waals surface area contributed by atoms with Crippen molar-refractivity contribution in [3.05, 3.63) is 0 Å². The van der Waals surface area contributed by atoms with E-state index < -0.39 is 10.4 Å². The van der Waals surface area contributed by atoms with Gasteiger partial charge in [-0.15, -0.1) is 0 Å². The standard InChI is InChI=1S/C19H39N2O.C2H6O4S/c1-4-6-7-8-9-10-11-12-13-14-15-19-20-16-17-21(19,5-2)18(3)22;1-2-6-7(3,4)5/h18,22H,4-17H2,1-3H3;2H2,1H3,(H,3,4,5)/q+1;/p-1. The monoisotopic (exact) mass is 436 g/mol. The van der Waals surface area contributed by atoms with Crippen LogP contribution in [-0.2, 0) is 14.6 Å². The largest absolute Gasteiger partial charge is 0.726 e. The van der Waals surface area contributed by atoms with Crippen LogP contribution in [0.3, 0.4) is 0 Å². The van der Waals surface area contributed by atoms with Gasteiger partial charge in [-0.25, -0.2) is 13.4 Å². The summed E-state index contributed by atoms with van der Waals surface area (Å²) >= 11 is 0. The van der Waals surface area contributed by atoms with E-state index in [2.05, 4.69) is 23.0 Å². The molecule has 2 unspecified atom stereocenters. The van der Waals surface area contributed by atoms with Crippen LogP contribution in [0.5, 0.6) is 0 Å². The summed E-state index contributed by atoms with van der Waals surface area (Å²) in [5, 5.41) is 10.1. The molecule has 8 heteroatoms. The van der Waals surface area contributed by atoms with Crippen molar-refractivity contribution in [3.63, 3.8) is 0 Å². The number of aliphatic imine (C=N–C) groups is 1. The third kappa shape index (κ3) is 12.7. The SMILES string of the molecule is CCCCCCCCCCCCC1=NCC[N+]1(CC)C(C)O.CCOS(=O)(=O)[O-]. The van der Waals surface area contributed by atoms with Crippen LogP contribution < -0.4 is 0 Å². The second-order valence-electron chi connectivity index (χ2n) is 7.75. The maximum absolute atomic E-state index is 10.1. The fraction of sp³-hybridized carbons (Fsp3) is 0.952. The van der Waals surface area contributed by atoms with Gasteiger partial charge in [-0.2, -0.15) is 0 Å². The number of aliphatic hydroxyl groups is 1. The summed E-state index contributed by atoms with van der Waals surface area (Å²) in [5.74, 6) is 1.25. The van der Waals surface area contributed by atoms with Crippen molar-refractivity contribution < 1.29 is 26.7 Å². The number of amidine groups is 1. The van der Waals surface area contributed by atoms with Crippen molar-refractivity contribution in [2.24, 2.45) is 4.99 Å². The Morgan fingerprint density at radius 2 is 1.55 bits per heavy atom. The summed E-state index contributed by atoms with van der Waals surface area (Å²) in [5.41, 5.74) is 0. The Labute approximate surface area is 179 Å². The zero-order valence-corrected chi connectivity index (χ0v) is 19.9. The number of rotatable bonds is 15. The van der Waals surface area contributed by atoms with Crippen LogP contribution in [0, 0.1) is 0 Å². The number of likely N-dealkylation sites (N-methyl/N-ethyl adjacent to an activating group) is 1. The predicted octanol–water partition coefficient (Wildman–Crippen LogP) is 4.37. The maximum atomic E-state index is 10.1. The van der Waals surface area contributed by atoms with Crippen molar-refractivity contribution in [3.8, 4) is 0 Å². The van der Waals surface area contributed by atoms with Gasteiger partial charge in [0.15, 0.2) is 6.23 Å². The molecule has 0 saturated heterocycles. The van der Waals surface area contributed by atoms with E-state index in [-0.39, 0.29) is 12.8 Å². The van der Waals surface area contributed by atoms with Crippen LogP contribution in [0.25, 0.3) is 0 Å². The lowest BCUT2D eigenvalue weighted by Gasteiger charge is -2.36. The smallest absolute Gasteiger partial charge is 0.217 e. The van der Waals surface area contributed by atoms with E-state index in [4.69, 9.17) is 0 Å². The summed E-state index contributed by atoms with van der Waals surface area (Å²) in [6.45, 7) is 10.6. The molecule has 1 aliphatic rings. The average molecular weight is 437 g/mol. The van der Waals surface area contributed by atoms with Gasteiger partial charge in [0.1, 0.15) is 6.54 Å². The number of unbranched alkanes of at least 4 members (excludes halogenated alkanes) is 9. The molecule has 29 heavy (non-hydrogen) atoms. The first-order chi connectivity index (χ1) is 13.7. The molecule has 1 aliphatic heterocycles. The molecule has 174 valence electrons. The van der Waals surface area contributed by atoms with Crippen molar-refractivity contribution in [2.75, 3.05) is 26.2 Å². The Kier molecular flexibility index (Phi) is 15.9. The first-order valence-electron chi connectivity index (χ1n) is 11.4. The fourth-order valence-corrected chi connectivity index (χ4v) is 4.14. The third-order valence-corrected chi connectivity index (χ3v) is 6.13. The van der Waals surface area contributed by atoms with Crippen LogP contribution in [0.4, 0.5) is 0 Å². The minimum absolute atomic E-state index is 0.0914. The molecule has 1 rings (SSSR count). The summed E-state index contributed by atoms with van der Waals surface area (Å²) < 4.78 is 32.7. The molecular formula is C21H44N2O5S. The number of nitrogens with zero attached hydrogens (tertiary/aromatic N) is 2. The molecule has 0 aliphatic carbocycles. The van der Waals surface area contributed by atoms with Gasteiger partial charge in [-0.3, -0.25) is 8.67 Å². The normalized spacial score (nSPS) is 20.1. The molecule has 0 aromatic carbocycles.